The summed E-state index contributed by atoms with van der Waals surface area (Å²) in [6, 6.07) is 8.36. The van der Waals surface area contributed by atoms with E-state index in [4.69, 9.17) is 4.98 Å². The highest BCUT2D eigenvalue weighted by Crippen LogP contribution is 2.37. The van der Waals surface area contributed by atoms with Gasteiger partial charge in [-0.25, -0.2) is 4.98 Å². The van der Waals surface area contributed by atoms with E-state index in [1.54, 1.807) is 0 Å². The first kappa shape index (κ1) is 19.6. The number of carbonyl (C=O) groups is 1. The summed E-state index contributed by atoms with van der Waals surface area (Å²) in [4.78, 5) is 19.1. The van der Waals surface area contributed by atoms with Gasteiger partial charge in [0.15, 0.2) is 0 Å². The number of aryl methyl sites for hydroxylation is 2. The lowest BCUT2D eigenvalue weighted by atomic mass is 9.94. The van der Waals surface area contributed by atoms with E-state index in [2.05, 4.69) is 47.0 Å². The Kier molecular flexibility index (Phi) is 5.41. The lowest BCUT2D eigenvalue weighted by Gasteiger charge is -2.25. The number of amides is 1. The molecule has 1 aliphatic rings. The van der Waals surface area contributed by atoms with Gasteiger partial charge in [-0.3, -0.25) is 9.48 Å². The Bertz CT molecular complexity index is 1020. The van der Waals surface area contributed by atoms with E-state index in [1.807, 2.05) is 35.9 Å². The van der Waals surface area contributed by atoms with E-state index in [9.17, 15) is 4.79 Å². The van der Waals surface area contributed by atoms with Crippen LogP contribution in [0.3, 0.4) is 0 Å². The Hall–Kier alpha value is -2.67. The lowest BCUT2D eigenvalue weighted by molar-refractivity contribution is -0.127. The van der Waals surface area contributed by atoms with E-state index >= 15 is 0 Å². The largest absolute Gasteiger partial charge is 0.338 e. The summed E-state index contributed by atoms with van der Waals surface area (Å²) in [6.07, 6.45) is 3.54. The van der Waals surface area contributed by atoms with Crippen LogP contribution in [0, 0.1) is 12.8 Å². The minimum absolute atomic E-state index is 0.0677. The molecule has 1 saturated heterocycles. The Labute approximate surface area is 171 Å². The maximum atomic E-state index is 12.4. The molecule has 154 valence electrons. The predicted octanol–water partition coefficient (Wildman–Crippen LogP) is 2.80. The summed E-state index contributed by atoms with van der Waals surface area (Å²) in [5.41, 5.74) is 4.49. The van der Waals surface area contributed by atoms with Crippen LogP contribution in [-0.2, 0) is 24.9 Å². The number of benzene rings is 1. The van der Waals surface area contributed by atoms with Crippen LogP contribution in [0.1, 0.15) is 42.9 Å². The predicted molar refractivity (Wildman–Crippen MR) is 113 cm³/mol. The summed E-state index contributed by atoms with van der Waals surface area (Å²) in [6.45, 7) is 6.68. The average molecular weight is 395 g/mol. The topological polar surface area (TPSA) is 68.0 Å². The van der Waals surface area contributed by atoms with E-state index in [-0.39, 0.29) is 17.9 Å². The van der Waals surface area contributed by atoms with Gasteiger partial charge in [-0.1, -0.05) is 19.1 Å². The smallest absolute Gasteiger partial charge is 0.223 e. The van der Waals surface area contributed by atoms with Gasteiger partial charge in [0.25, 0.3) is 0 Å². The third-order valence-corrected chi connectivity index (χ3v) is 6.16. The minimum atomic E-state index is 0.0677. The normalized spacial score (nSPS) is 19.6. The van der Waals surface area contributed by atoms with E-state index in [1.165, 1.54) is 5.52 Å². The van der Waals surface area contributed by atoms with E-state index in [0.29, 0.717) is 13.0 Å². The van der Waals surface area contributed by atoms with Crippen molar-refractivity contribution in [3.63, 3.8) is 0 Å². The van der Waals surface area contributed by atoms with Gasteiger partial charge in [-0.15, -0.1) is 0 Å². The van der Waals surface area contributed by atoms with Crippen LogP contribution >= 0.6 is 0 Å². The molecule has 1 fully saturated rings. The first-order valence-electron chi connectivity index (χ1n) is 10.4. The molecule has 2 aromatic heterocycles. The Morgan fingerprint density at radius 1 is 1.24 bits per heavy atom. The number of hydrogen-bond acceptors (Lipinski definition) is 4. The molecule has 0 bridgehead atoms. The van der Waals surface area contributed by atoms with Crippen LogP contribution in [0.4, 0.5) is 0 Å². The third kappa shape index (κ3) is 3.55. The zero-order valence-electron chi connectivity index (χ0n) is 17.7. The molecule has 3 aromatic rings. The van der Waals surface area contributed by atoms with Crippen molar-refractivity contribution in [3.8, 4) is 0 Å². The Balaban J connectivity index is 1.50. The van der Waals surface area contributed by atoms with Gasteiger partial charge in [0.2, 0.25) is 5.91 Å². The van der Waals surface area contributed by atoms with Gasteiger partial charge in [-0.2, -0.15) is 5.10 Å². The number of imidazole rings is 1. The Morgan fingerprint density at radius 2 is 2.03 bits per heavy atom. The van der Waals surface area contributed by atoms with Crippen molar-refractivity contribution < 1.29 is 4.79 Å². The zero-order valence-corrected chi connectivity index (χ0v) is 17.7. The first-order valence-corrected chi connectivity index (χ1v) is 10.4. The maximum absolute atomic E-state index is 12.4. The zero-order chi connectivity index (χ0) is 20.5. The number of carbonyl (C=O) groups excluding carboxylic acids is 1. The fraction of sp³-hybridized carbons (Fsp3) is 0.500. The third-order valence-electron chi connectivity index (χ3n) is 6.16. The number of nitrogens with zero attached hydrogens (tertiary/aromatic N) is 5. The molecule has 1 aromatic carbocycles. The SMILES string of the molecule is CCCn1c(CNC[C@@H]2CC(=O)N(C)[C@H]2c2cnn(C)c2C)nc2ccccc21. The number of likely N-dealkylation sites (tertiary alicyclic amines) is 1. The van der Waals surface area contributed by atoms with Crippen molar-refractivity contribution in [2.45, 2.75) is 45.8 Å². The first-order chi connectivity index (χ1) is 14.0. The molecule has 0 spiro atoms. The van der Waals surface area contributed by atoms with Gasteiger partial charge in [-0.05, 0) is 25.5 Å². The highest BCUT2D eigenvalue weighted by Gasteiger charge is 2.39. The van der Waals surface area contributed by atoms with Crippen LogP contribution in [0.25, 0.3) is 11.0 Å². The fourth-order valence-corrected chi connectivity index (χ4v) is 4.51. The fourth-order valence-electron chi connectivity index (χ4n) is 4.51. The van der Waals surface area contributed by atoms with Gasteiger partial charge in [0.05, 0.1) is 29.8 Å². The molecule has 0 aliphatic carbocycles. The van der Waals surface area contributed by atoms with Crippen molar-refractivity contribution in [1.82, 2.24) is 29.5 Å². The minimum Gasteiger partial charge on any atom is -0.338 e. The van der Waals surface area contributed by atoms with Gasteiger partial charge < -0.3 is 14.8 Å². The Morgan fingerprint density at radius 3 is 2.76 bits per heavy atom. The number of para-hydroxylation sites is 2. The second-order valence-electron chi connectivity index (χ2n) is 8.02. The molecular formula is C22H30N6O. The summed E-state index contributed by atoms with van der Waals surface area (Å²) in [5.74, 6) is 1.47. The highest BCUT2D eigenvalue weighted by atomic mass is 16.2. The summed E-state index contributed by atoms with van der Waals surface area (Å²) in [5, 5.41) is 7.96. The quantitative estimate of drug-likeness (QED) is 0.669. The number of hydrogen-bond donors (Lipinski definition) is 1. The van der Waals surface area contributed by atoms with Gasteiger partial charge >= 0.3 is 0 Å². The number of rotatable bonds is 7. The van der Waals surface area contributed by atoms with Crippen molar-refractivity contribution in [1.29, 1.82) is 0 Å². The van der Waals surface area contributed by atoms with Gasteiger partial charge in [0.1, 0.15) is 5.82 Å². The molecule has 1 amide bonds. The summed E-state index contributed by atoms with van der Waals surface area (Å²) in [7, 11) is 3.85. The molecule has 0 unspecified atom stereocenters. The standard InChI is InChI=1S/C22H30N6O/c1-5-10-28-19-9-7-6-8-18(19)25-20(28)14-23-12-16-11-21(29)26(3)22(16)17-13-24-27(4)15(17)2/h6-9,13,16,22-23H,5,10-12,14H2,1-4H3/t16-,22+/m0/s1. The highest BCUT2D eigenvalue weighted by molar-refractivity contribution is 5.79. The molecule has 3 heterocycles. The van der Waals surface area contributed by atoms with Crippen molar-refractivity contribution >= 4 is 16.9 Å². The molecule has 1 aliphatic heterocycles. The number of fused-ring (bicyclic) bond motifs is 1. The average Bonchev–Trinajstić information content (AvgIpc) is 3.32. The van der Waals surface area contributed by atoms with E-state index in [0.717, 1.165) is 42.1 Å². The number of aromatic nitrogens is 4. The molecule has 29 heavy (non-hydrogen) atoms. The van der Waals surface area contributed by atoms with Crippen molar-refractivity contribution in [2.75, 3.05) is 13.6 Å². The van der Waals surface area contributed by atoms with E-state index < -0.39 is 0 Å². The van der Waals surface area contributed by atoms with Crippen molar-refractivity contribution in [3.05, 3.63) is 47.5 Å². The second-order valence-corrected chi connectivity index (χ2v) is 8.02. The molecule has 0 saturated carbocycles. The monoisotopic (exact) mass is 394 g/mol. The van der Waals surface area contributed by atoms with Crippen LogP contribution in [0.2, 0.25) is 0 Å². The maximum Gasteiger partial charge on any atom is 0.223 e. The molecule has 7 heteroatoms. The lowest BCUT2D eigenvalue weighted by Crippen LogP contribution is -2.30. The van der Waals surface area contributed by atoms with Crippen LogP contribution < -0.4 is 5.32 Å². The molecule has 0 radical (unpaired) electrons. The summed E-state index contributed by atoms with van der Waals surface area (Å²) >= 11 is 0. The van der Waals surface area contributed by atoms with Crippen LogP contribution in [0.5, 0.6) is 0 Å². The van der Waals surface area contributed by atoms with Crippen molar-refractivity contribution in [2.24, 2.45) is 13.0 Å². The number of nitrogens with one attached hydrogen (secondary N) is 1. The van der Waals surface area contributed by atoms with Crippen LogP contribution in [0.15, 0.2) is 30.5 Å². The molecule has 2 atom stereocenters. The molecule has 7 nitrogen and oxygen atoms in total. The molecular weight excluding hydrogens is 364 g/mol. The van der Waals surface area contributed by atoms with Crippen LogP contribution in [-0.4, -0.2) is 43.7 Å². The second kappa shape index (κ2) is 7.99. The summed E-state index contributed by atoms with van der Waals surface area (Å²) < 4.78 is 4.18. The molecule has 4 rings (SSSR count). The van der Waals surface area contributed by atoms with Gasteiger partial charge in [0, 0.05) is 50.8 Å². The molecule has 1 N–H and O–H groups in total.